The molecule has 0 aliphatic heterocycles. The molecule has 0 atom stereocenters. The summed E-state index contributed by atoms with van der Waals surface area (Å²) in [7, 11) is 0. The predicted molar refractivity (Wildman–Crippen MR) is 86.3 cm³/mol. The van der Waals surface area contributed by atoms with Crippen molar-refractivity contribution in [3.63, 3.8) is 0 Å². The third kappa shape index (κ3) is 5.12. The minimum Gasteiger partial charge on any atom is -0.457 e. The second-order valence-electron chi connectivity index (χ2n) is 4.78. The Labute approximate surface area is 129 Å². The molecule has 0 radical (unpaired) electrons. The van der Waals surface area contributed by atoms with Gasteiger partial charge in [-0.2, -0.15) is 0 Å². The molecule has 0 spiro atoms. The SMILES string of the molecule is Cc1ccc(Oc2ccc(NC(=O)CCCCl)cc2)cc1. The number of hydrogen-bond donors (Lipinski definition) is 1. The minimum atomic E-state index is -0.0251. The molecule has 0 aromatic heterocycles. The summed E-state index contributed by atoms with van der Waals surface area (Å²) in [6, 6.07) is 15.2. The van der Waals surface area contributed by atoms with Gasteiger partial charge in [-0.15, -0.1) is 11.6 Å². The largest absolute Gasteiger partial charge is 0.457 e. The molecule has 4 heteroatoms. The second-order valence-corrected chi connectivity index (χ2v) is 5.16. The van der Waals surface area contributed by atoms with Gasteiger partial charge in [-0.05, 0) is 49.7 Å². The first-order valence-corrected chi connectivity index (χ1v) is 7.41. The lowest BCUT2D eigenvalue weighted by molar-refractivity contribution is -0.116. The van der Waals surface area contributed by atoms with Gasteiger partial charge in [0.1, 0.15) is 11.5 Å². The molecule has 2 aromatic carbocycles. The summed E-state index contributed by atoms with van der Waals surface area (Å²) in [5.41, 5.74) is 1.95. The molecule has 2 rings (SSSR count). The zero-order valence-corrected chi connectivity index (χ0v) is 12.7. The van der Waals surface area contributed by atoms with Crippen molar-refractivity contribution in [2.24, 2.45) is 0 Å². The number of nitrogens with one attached hydrogen (secondary N) is 1. The summed E-state index contributed by atoms with van der Waals surface area (Å²) in [6.45, 7) is 2.03. The van der Waals surface area contributed by atoms with Gasteiger partial charge in [0.25, 0.3) is 0 Å². The van der Waals surface area contributed by atoms with Gasteiger partial charge in [-0.3, -0.25) is 4.79 Å². The Morgan fingerprint density at radius 2 is 1.62 bits per heavy atom. The Kier molecular flexibility index (Phi) is 5.64. The normalized spacial score (nSPS) is 10.2. The number of aryl methyl sites for hydroxylation is 1. The Morgan fingerprint density at radius 1 is 1.05 bits per heavy atom. The lowest BCUT2D eigenvalue weighted by atomic mass is 10.2. The van der Waals surface area contributed by atoms with Crippen LogP contribution in [0.5, 0.6) is 11.5 Å². The summed E-state index contributed by atoms with van der Waals surface area (Å²) in [4.78, 5) is 11.6. The summed E-state index contributed by atoms with van der Waals surface area (Å²) in [6.07, 6.45) is 1.12. The van der Waals surface area contributed by atoms with E-state index in [2.05, 4.69) is 5.32 Å². The zero-order valence-electron chi connectivity index (χ0n) is 11.9. The first kappa shape index (κ1) is 15.4. The molecule has 0 saturated carbocycles. The number of amides is 1. The lowest BCUT2D eigenvalue weighted by Crippen LogP contribution is -2.11. The van der Waals surface area contributed by atoms with E-state index in [1.807, 2.05) is 55.5 Å². The second kappa shape index (κ2) is 7.70. The summed E-state index contributed by atoms with van der Waals surface area (Å²) in [5, 5.41) is 2.82. The van der Waals surface area contributed by atoms with Crippen molar-refractivity contribution in [1.29, 1.82) is 0 Å². The van der Waals surface area contributed by atoms with Gasteiger partial charge in [0.15, 0.2) is 0 Å². The fourth-order valence-electron chi connectivity index (χ4n) is 1.80. The first-order chi connectivity index (χ1) is 10.2. The highest BCUT2D eigenvalue weighted by Gasteiger charge is 2.02. The van der Waals surface area contributed by atoms with Crippen molar-refractivity contribution in [3.8, 4) is 11.5 Å². The topological polar surface area (TPSA) is 38.3 Å². The van der Waals surface area contributed by atoms with E-state index >= 15 is 0 Å². The molecule has 0 aliphatic rings. The Bertz CT molecular complexity index is 579. The van der Waals surface area contributed by atoms with Gasteiger partial charge < -0.3 is 10.1 Å². The average molecular weight is 304 g/mol. The minimum absolute atomic E-state index is 0.0251. The standard InChI is InChI=1S/C17H18ClNO2/c1-13-4-8-15(9-5-13)21-16-10-6-14(7-11-16)19-17(20)3-2-12-18/h4-11H,2-3,12H2,1H3,(H,19,20). The van der Waals surface area contributed by atoms with Crippen LogP contribution < -0.4 is 10.1 Å². The maximum Gasteiger partial charge on any atom is 0.224 e. The van der Waals surface area contributed by atoms with E-state index in [9.17, 15) is 4.79 Å². The van der Waals surface area contributed by atoms with E-state index in [4.69, 9.17) is 16.3 Å². The van der Waals surface area contributed by atoms with Crippen LogP contribution in [-0.4, -0.2) is 11.8 Å². The summed E-state index contributed by atoms with van der Waals surface area (Å²) < 4.78 is 5.73. The van der Waals surface area contributed by atoms with Gasteiger partial charge in [0.2, 0.25) is 5.91 Å². The first-order valence-electron chi connectivity index (χ1n) is 6.88. The molecule has 0 aliphatic carbocycles. The van der Waals surface area contributed by atoms with Crippen LogP contribution >= 0.6 is 11.6 Å². The molecule has 0 unspecified atom stereocenters. The molecule has 0 saturated heterocycles. The highest BCUT2D eigenvalue weighted by Crippen LogP contribution is 2.23. The smallest absolute Gasteiger partial charge is 0.224 e. The monoisotopic (exact) mass is 303 g/mol. The van der Waals surface area contributed by atoms with E-state index < -0.39 is 0 Å². The number of halogens is 1. The lowest BCUT2D eigenvalue weighted by Gasteiger charge is -2.08. The van der Waals surface area contributed by atoms with E-state index in [0.717, 1.165) is 17.2 Å². The van der Waals surface area contributed by atoms with Crippen molar-refractivity contribution in [2.75, 3.05) is 11.2 Å². The van der Waals surface area contributed by atoms with Gasteiger partial charge >= 0.3 is 0 Å². The number of anilines is 1. The van der Waals surface area contributed by atoms with Crippen LogP contribution in [0.3, 0.4) is 0 Å². The summed E-state index contributed by atoms with van der Waals surface area (Å²) in [5.74, 6) is 2.00. The van der Waals surface area contributed by atoms with E-state index in [1.165, 1.54) is 5.56 Å². The van der Waals surface area contributed by atoms with Crippen molar-refractivity contribution < 1.29 is 9.53 Å². The van der Waals surface area contributed by atoms with Crippen LogP contribution in [0.2, 0.25) is 0 Å². The Balaban J connectivity index is 1.92. The van der Waals surface area contributed by atoms with E-state index in [-0.39, 0.29) is 5.91 Å². The number of rotatable bonds is 6. The average Bonchev–Trinajstić information content (AvgIpc) is 2.49. The number of alkyl halides is 1. The molecule has 1 amide bonds. The van der Waals surface area contributed by atoms with Crippen molar-refractivity contribution in [1.82, 2.24) is 0 Å². The third-order valence-electron chi connectivity index (χ3n) is 2.93. The molecule has 2 aromatic rings. The fourth-order valence-corrected chi connectivity index (χ4v) is 1.93. The Hall–Kier alpha value is -2.00. The molecule has 1 N–H and O–H groups in total. The molecule has 21 heavy (non-hydrogen) atoms. The Morgan fingerprint density at radius 3 is 2.19 bits per heavy atom. The van der Waals surface area contributed by atoms with Gasteiger partial charge in [-0.25, -0.2) is 0 Å². The van der Waals surface area contributed by atoms with Crippen LogP contribution in [0, 0.1) is 6.92 Å². The van der Waals surface area contributed by atoms with Gasteiger partial charge in [0.05, 0.1) is 0 Å². The van der Waals surface area contributed by atoms with E-state index in [0.29, 0.717) is 18.7 Å². The van der Waals surface area contributed by atoms with E-state index in [1.54, 1.807) is 0 Å². The highest BCUT2D eigenvalue weighted by atomic mass is 35.5. The predicted octanol–water partition coefficient (Wildman–Crippen LogP) is 4.74. The molecule has 0 fully saturated rings. The molecule has 0 heterocycles. The maximum absolute atomic E-state index is 11.6. The van der Waals surface area contributed by atoms with Crippen LogP contribution in [0.1, 0.15) is 18.4 Å². The van der Waals surface area contributed by atoms with Crippen LogP contribution in [0.4, 0.5) is 5.69 Å². The molecular formula is C17H18ClNO2. The molecule has 0 bridgehead atoms. The molecular weight excluding hydrogens is 286 g/mol. The molecule has 110 valence electrons. The quantitative estimate of drug-likeness (QED) is 0.782. The fraction of sp³-hybridized carbons (Fsp3) is 0.235. The summed E-state index contributed by atoms with van der Waals surface area (Å²) >= 11 is 5.56. The maximum atomic E-state index is 11.6. The van der Waals surface area contributed by atoms with Gasteiger partial charge in [0, 0.05) is 18.0 Å². The van der Waals surface area contributed by atoms with Crippen molar-refractivity contribution in [2.45, 2.75) is 19.8 Å². The third-order valence-corrected chi connectivity index (χ3v) is 3.20. The number of benzene rings is 2. The number of carbonyl (C=O) groups is 1. The van der Waals surface area contributed by atoms with Crippen LogP contribution in [0.15, 0.2) is 48.5 Å². The molecule has 3 nitrogen and oxygen atoms in total. The van der Waals surface area contributed by atoms with Crippen molar-refractivity contribution in [3.05, 3.63) is 54.1 Å². The van der Waals surface area contributed by atoms with Crippen LogP contribution in [0.25, 0.3) is 0 Å². The number of ether oxygens (including phenoxy) is 1. The van der Waals surface area contributed by atoms with Gasteiger partial charge in [-0.1, -0.05) is 17.7 Å². The van der Waals surface area contributed by atoms with Crippen LogP contribution in [-0.2, 0) is 4.79 Å². The number of hydrogen-bond acceptors (Lipinski definition) is 2. The number of carbonyl (C=O) groups excluding carboxylic acids is 1. The van der Waals surface area contributed by atoms with Crippen molar-refractivity contribution >= 4 is 23.2 Å². The zero-order chi connectivity index (χ0) is 15.1. The highest BCUT2D eigenvalue weighted by molar-refractivity contribution is 6.18.